The maximum atomic E-state index is 12.5. The summed E-state index contributed by atoms with van der Waals surface area (Å²) in [6.45, 7) is 2.41. The zero-order valence-electron chi connectivity index (χ0n) is 15.2. The summed E-state index contributed by atoms with van der Waals surface area (Å²) < 4.78 is 31.5. The Balaban J connectivity index is 1.82. The van der Waals surface area contributed by atoms with Gasteiger partial charge in [0.05, 0.1) is 30.8 Å². The molecule has 1 heterocycles. The van der Waals surface area contributed by atoms with Crippen LogP contribution >= 0.6 is 0 Å². The quantitative estimate of drug-likeness (QED) is 0.805. The number of morpholine rings is 1. The molecule has 1 aliphatic heterocycles. The Labute approximate surface area is 155 Å². The van der Waals surface area contributed by atoms with Crippen LogP contribution in [0.4, 0.5) is 11.4 Å². The number of rotatable bonds is 6. The van der Waals surface area contributed by atoms with E-state index in [1.807, 2.05) is 12.1 Å². The molecule has 1 aromatic carbocycles. The first-order valence-corrected chi connectivity index (χ1v) is 11.0. The van der Waals surface area contributed by atoms with E-state index in [-0.39, 0.29) is 18.5 Å². The Bertz CT molecular complexity index is 726. The molecule has 0 unspecified atom stereocenters. The van der Waals surface area contributed by atoms with Crippen LogP contribution < -0.4 is 14.5 Å². The summed E-state index contributed by atoms with van der Waals surface area (Å²) in [5.74, 6) is -0.251. The van der Waals surface area contributed by atoms with E-state index in [4.69, 9.17) is 4.74 Å². The van der Waals surface area contributed by atoms with Crippen molar-refractivity contribution in [2.75, 3.05) is 48.3 Å². The molecule has 2 aliphatic rings. The van der Waals surface area contributed by atoms with Gasteiger partial charge in [0.25, 0.3) is 0 Å². The highest BCUT2D eigenvalue weighted by atomic mass is 32.2. The second kappa shape index (κ2) is 8.26. The zero-order valence-corrected chi connectivity index (χ0v) is 16.0. The first-order valence-electron chi connectivity index (χ1n) is 9.14. The van der Waals surface area contributed by atoms with Gasteiger partial charge in [-0.1, -0.05) is 25.0 Å². The summed E-state index contributed by atoms with van der Waals surface area (Å²) in [5, 5.41) is 2.97. The van der Waals surface area contributed by atoms with E-state index in [2.05, 4.69) is 10.2 Å². The largest absolute Gasteiger partial charge is 0.378 e. The molecule has 7 nitrogen and oxygen atoms in total. The van der Waals surface area contributed by atoms with Crippen LogP contribution in [0.1, 0.15) is 25.7 Å². The van der Waals surface area contributed by atoms with Gasteiger partial charge in [-0.2, -0.15) is 0 Å². The predicted octanol–water partition coefficient (Wildman–Crippen LogP) is 1.35. The van der Waals surface area contributed by atoms with Crippen LogP contribution in [0, 0.1) is 0 Å². The van der Waals surface area contributed by atoms with E-state index >= 15 is 0 Å². The number of hydrogen-bond acceptors (Lipinski definition) is 5. The number of benzene rings is 1. The Kier molecular flexibility index (Phi) is 6.03. The Hall–Kier alpha value is -1.80. The van der Waals surface area contributed by atoms with Gasteiger partial charge in [-0.3, -0.25) is 9.10 Å². The van der Waals surface area contributed by atoms with Crippen LogP contribution in [0.3, 0.4) is 0 Å². The van der Waals surface area contributed by atoms with Crippen molar-refractivity contribution in [1.82, 2.24) is 5.32 Å². The lowest BCUT2D eigenvalue weighted by molar-refractivity contribution is -0.120. The monoisotopic (exact) mass is 381 g/mol. The van der Waals surface area contributed by atoms with Gasteiger partial charge in [0.2, 0.25) is 15.9 Å². The molecule has 1 aliphatic carbocycles. The fourth-order valence-electron chi connectivity index (χ4n) is 3.60. The van der Waals surface area contributed by atoms with Gasteiger partial charge in [0.15, 0.2) is 0 Å². The Morgan fingerprint density at radius 3 is 2.54 bits per heavy atom. The number of carbonyl (C=O) groups is 1. The molecule has 26 heavy (non-hydrogen) atoms. The average Bonchev–Trinajstić information content (AvgIpc) is 3.12. The minimum atomic E-state index is -3.59. The summed E-state index contributed by atoms with van der Waals surface area (Å²) in [6, 6.07) is 7.50. The van der Waals surface area contributed by atoms with Crippen LogP contribution in [0.15, 0.2) is 24.3 Å². The topological polar surface area (TPSA) is 79.0 Å². The van der Waals surface area contributed by atoms with Crippen molar-refractivity contribution >= 4 is 27.3 Å². The van der Waals surface area contributed by atoms with Crippen molar-refractivity contribution in [2.24, 2.45) is 0 Å². The fourth-order valence-corrected chi connectivity index (χ4v) is 4.47. The molecule has 3 rings (SSSR count). The SMILES string of the molecule is CS(=O)(=O)N(CC(=O)NC1CCCC1)c1ccccc1N1CCOCC1. The lowest BCUT2D eigenvalue weighted by Crippen LogP contribution is -2.44. The fraction of sp³-hybridized carbons (Fsp3) is 0.611. The molecule has 0 bridgehead atoms. The van der Waals surface area contributed by atoms with Crippen LogP contribution in [0.25, 0.3) is 0 Å². The van der Waals surface area contributed by atoms with Gasteiger partial charge in [0.1, 0.15) is 6.54 Å². The Morgan fingerprint density at radius 1 is 1.23 bits per heavy atom. The second-order valence-electron chi connectivity index (χ2n) is 6.91. The molecule has 1 amide bonds. The number of hydrogen-bond donors (Lipinski definition) is 1. The van der Waals surface area contributed by atoms with Crippen molar-refractivity contribution in [2.45, 2.75) is 31.7 Å². The zero-order chi connectivity index (χ0) is 18.6. The first kappa shape index (κ1) is 19.0. The molecular weight excluding hydrogens is 354 g/mol. The molecule has 0 aromatic heterocycles. The number of nitrogens with one attached hydrogen (secondary N) is 1. The van der Waals surface area contributed by atoms with E-state index < -0.39 is 10.0 Å². The van der Waals surface area contributed by atoms with Crippen LogP contribution in [-0.2, 0) is 19.6 Å². The summed E-state index contributed by atoms with van der Waals surface area (Å²) in [5.41, 5.74) is 1.35. The van der Waals surface area contributed by atoms with Crippen LogP contribution in [0.2, 0.25) is 0 Å². The molecular formula is C18H27N3O4S. The molecule has 1 saturated heterocycles. The van der Waals surface area contributed by atoms with Crippen molar-refractivity contribution in [1.29, 1.82) is 0 Å². The average molecular weight is 381 g/mol. The molecule has 144 valence electrons. The number of anilines is 2. The summed E-state index contributed by atoms with van der Waals surface area (Å²) >= 11 is 0. The predicted molar refractivity (Wildman–Crippen MR) is 102 cm³/mol. The summed E-state index contributed by atoms with van der Waals surface area (Å²) in [6.07, 6.45) is 5.30. The number of carbonyl (C=O) groups excluding carboxylic acids is 1. The molecule has 0 atom stereocenters. The molecule has 0 spiro atoms. The third-order valence-electron chi connectivity index (χ3n) is 4.91. The lowest BCUT2D eigenvalue weighted by Gasteiger charge is -2.33. The number of amides is 1. The maximum Gasteiger partial charge on any atom is 0.240 e. The standard InChI is InChI=1S/C18H27N3O4S/c1-26(23,24)21(14-18(22)19-15-6-2-3-7-15)17-9-5-4-8-16(17)20-10-12-25-13-11-20/h4-5,8-9,15H,2-3,6-7,10-14H2,1H3,(H,19,22). The molecule has 2 fully saturated rings. The van der Waals surface area contributed by atoms with Crippen molar-refractivity contribution < 1.29 is 17.9 Å². The smallest absolute Gasteiger partial charge is 0.240 e. The number of ether oxygens (including phenoxy) is 1. The van der Waals surface area contributed by atoms with Crippen molar-refractivity contribution in [3.8, 4) is 0 Å². The molecule has 1 saturated carbocycles. The minimum absolute atomic E-state index is 0.165. The van der Waals surface area contributed by atoms with Gasteiger partial charge in [-0.25, -0.2) is 8.42 Å². The van der Waals surface area contributed by atoms with Gasteiger partial charge in [-0.15, -0.1) is 0 Å². The van der Waals surface area contributed by atoms with Crippen LogP contribution in [0.5, 0.6) is 0 Å². The van der Waals surface area contributed by atoms with Gasteiger partial charge < -0.3 is 15.0 Å². The van der Waals surface area contributed by atoms with Crippen molar-refractivity contribution in [3.63, 3.8) is 0 Å². The van der Waals surface area contributed by atoms with Crippen LogP contribution in [-0.4, -0.2) is 59.5 Å². The van der Waals surface area contributed by atoms with E-state index in [0.29, 0.717) is 32.0 Å². The molecule has 1 N–H and O–H groups in total. The first-order chi connectivity index (χ1) is 12.4. The summed E-state index contributed by atoms with van der Waals surface area (Å²) in [4.78, 5) is 14.6. The second-order valence-corrected chi connectivity index (χ2v) is 8.81. The van der Waals surface area contributed by atoms with Gasteiger partial charge >= 0.3 is 0 Å². The maximum absolute atomic E-state index is 12.5. The van der Waals surface area contributed by atoms with E-state index in [0.717, 1.165) is 37.6 Å². The van der Waals surface area contributed by atoms with Crippen molar-refractivity contribution in [3.05, 3.63) is 24.3 Å². The van der Waals surface area contributed by atoms with E-state index in [1.54, 1.807) is 12.1 Å². The highest BCUT2D eigenvalue weighted by Gasteiger charge is 2.27. The van der Waals surface area contributed by atoms with Gasteiger partial charge in [-0.05, 0) is 25.0 Å². The number of para-hydroxylation sites is 2. The molecule has 8 heteroatoms. The number of sulfonamides is 1. The normalized spacial score (nSPS) is 18.7. The number of nitrogens with zero attached hydrogens (tertiary/aromatic N) is 2. The minimum Gasteiger partial charge on any atom is -0.378 e. The molecule has 1 aromatic rings. The summed E-state index contributed by atoms with van der Waals surface area (Å²) in [7, 11) is -3.59. The highest BCUT2D eigenvalue weighted by Crippen LogP contribution is 2.31. The third-order valence-corrected chi connectivity index (χ3v) is 6.04. The molecule has 0 radical (unpaired) electrons. The van der Waals surface area contributed by atoms with E-state index in [1.165, 1.54) is 4.31 Å². The van der Waals surface area contributed by atoms with Gasteiger partial charge in [0, 0.05) is 19.1 Å². The highest BCUT2D eigenvalue weighted by molar-refractivity contribution is 7.92. The Morgan fingerprint density at radius 2 is 1.88 bits per heavy atom. The van der Waals surface area contributed by atoms with E-state index in [9.17, 15) is 13.2 Å². The third kappa shape index (κ3) is 4.67. The lowest BCUT2D eigenvalue weighted by atomic mass is 10.2.